The van der Waals surface area contributed by atoms with Crippen molar-refractivity contribution in [1.29, 1.82) is 0 Å². The minimum atomic E-state index is -0.611. The van der Waals surface area contributed by atoms with Crippen LogP contribution in [0.25, 0.3) is 0 Å². The second-order valence-corrected chi connectivity index (χ2v) is 4.65. The van der Waals surface area contributed by atoms with Crippen molar-refractivity contribution in [2.75, 3.05) is 0 Å². The first kappa shape index (κ1) is 13.5. The molecule has 0 spiro atoms. The maximum absolute atomic E-state index is 12.2. The van der Waals surface area contributed by atoms with E-state index in [2.05, 4.69) is 0 Å². The molecule has 2 aromatic carbocycles. The first-order chi connectivity index (χ1) is 8.90. The minimum absolute atomic E-state index is 0.0420. The Kier molecular flexibility index (Phi) is 3.55. The zero-order valence-corrected chi connectivity index (χ0v) is 10.9. The predicted octanol–water partition coefficient (Wildman–Crippen LogP) is 3.34. The molecule has 2 aromatic rings. The monoisotopic (exact) mass is 298 g/mol. The van der Waals surface area contributed by atoms with Gasteiger partial charge in [0.2, 0.25) is 0 Å². The second-order valence-electron chi connectivity index (χ2n) is 3.81. The van der Waals surface area contributed by atoms with Gasteiger partial charge < -0.3 is 15.3 Å². The van der Waals surface area contributed by atoms with Gasteiger partial charge in [-0.3, -0.25) is 4.79 Å². The van der Waals surface area contributed by atoms with Crippen molar-refractivity contribution in [2.24, 2.45) is 0 Å². The smallest absolute Gasteiger partial charge is 0.198 e. The van der Waals surface area contributed by atoms with E-state index in [1.165, 1.54) is 18.2 Å². The topological polar surface area (TPSA) is 77.8 Å². The average Bonchev–Trinajstić information content (AvgIpc) is 2.36. The van der Waals surface area contributed by atoms with Gasteiger partial charge in [0.1, 0.15) is 5.75 Å². The van der Waals surface area contributed by atoms with Crippen molar-refractivity contribution in [3.63, 3.8) is 0 Å². The van der Waals surface area contributed by atoms with Crippen LogP contribution in [0.4, 0.5) is 0 Å². The van der Waals surface area contributed by atoms with Crippen molar-refractivity contribution < 1.29 is 20.1 Å². The molecule has 0 radical (unpaired) electrons. The first-order valence-electron chi connectivity index (χ1n) is 5.15. The summed E-state index contributed by atoms with van der Waals surface area (Å²) in [5.41, 5.74) is -0.0889. The van der Waals surface area contributed by atoms with Gasteiger partial charge in [-0.05, 0) is 24.3 Å². The largest absolute Gasteiger partial charge is 0.507 e. The normalized spacial score (nSPS) is 10.4. The summed E-state index contributed by atoms with van der Waals surface area (Å²) in [7, 11) is 0. The highest BCUT2D eigenvalue weighted by Crippen LogP contribution is 2.34. The highest BCUT2D eigenvalue weighted by molar-refractivity contribution is 6.35. The summed E-state index contributed by atoms with van der Waals surface area (Å²) in [5.74, 6) is -1.77. The lowest BCUT2D eigenvalue weighted by Gasteiger charge is -2.08. The number of carbonyl (C=O) groups is 1. The molecule has 0 atom stereocenters. The Balaban J connectivity index is 2.56. The lowest BCUT2D eigenvalue weighted by atomic mass is 10.0. The molecule has 0 saturated heterocycles. The molecule has 0 aromatic heterocycles. The maximum Gasteiger partial charge on any atom is 0.198 e. The molecule has 2 rings (SSSR count). The van der Waals surface area contributed by atoms with E-state index in [0.29, 0.717) is 0 Å². The van der Waals surface area contributed by atoms with E-state index < -0.39 is 17.3 Å². The molecule has 0 aliphatic heterocycles. The quantitative estimate of drug-likeness (QED) is 0.587. The summed E-state index contributed by atoms with van der Waals surface area (Å²) in [4.78, 5) is 12.2. The lowest BCUT2D eigenvalue weighted by Crippen LogP contribution is -2.02. The average molecular weight is 299 g/mol. The fraction of sp³-hybridized carbons (Fsp3) is 0. The number of ketones is 1. The van der Waals surface area contributed by atoms with Crippen molar-refractivity contribution in [3.8, 4) is 17.2 Å². The Labute approximate surface area is 118 Å². The molecular formula is C13H8Cl2O4. The van der Waals surface area contributed by atoms with E-state index in [1.807, 2.05) is 0 Å². The third-order valence-corrected chi connectivity index (χ3v) is 3.06. The Bertz CT molecular complexity index is 668. The summed E-state index contributed by atoms with van der Waals surface area (Å²) in [6.07, 6.45) is 0. The summed E-state index contributed by atoms with van der Waals surface area (Å²) < 4.78 is 0. The van der Waals surface area contributed by atoms with Crippen LogP contribution in [0.1, 0.15) is 15.9 Å². The third kappa shape index (κ3) is 2.59. The molecule has 0 bridgehead atoms. The second kappa shape index (κ2) is 4.99. The fourth-order valence-corrected chi connectivity index (χ4v) is 1.98. The van der Waals surface area contributed by atoms with Gasteiger partial charge in [0, 0.05) is 16.7 Å². The van der Waals surface area contributed by atoms with Gasteiger partial charge in [-0.25, -0.2) is 0 Å². The summed E-state index contributed by atoms with van der Waals surface area (Å²) in [5, 5.41) is 28.5. The van der Waals surface area contributed by atoms with Gasteiger partial charge in [-0.1, -0.05) is 23.2 Å². The number of phenolic OH excluding ortho intramolecular Hbond substituents is 3. The van der Waals surface area contributed by atoms with Crippen molar-refractivity contribution >= 4 is 29.0 Å². The number of carbonyl (C=O) groups excluding carboxylic acids is 1. The van der Waals surface area contributed by atoms with Gasteiger partial charge in [-0.2, -0.15) is 0 Å². The van der Waals surface area contributed by atoms with Crippen LogP contribution in [0, 0.1) is 0 Å². The van der Waals surface area contributed by atoms with Gasteiger partial charge >= 0.3 is 0 Å². The molecule has 19 heavy (non-hydrogen) atoms. The van der Waals surface area contributed by atoms with E-state index >= 15 is 0 Å². The Morgan fingerprint density at radius 3 is 2.16 bits per heavy atom. The highest BCUT2D eigenvalue weighted by atomic mass is 35.5. The van der Waals surface area contributed by atoms with Gasteiger partial charge in [0.05, 0.1) is 10.6 Å². The summed E-state index contributed by atoms with van der Waals surface area (Å²) in [6.45, 7) is 0. The third-order valence-electron chi connectivity index (χ3n) is 2.51. The van der Waals surface area contributed by atoms with Crippen molar-refractivity contribution in [2.45, 2.75) is 0 Å². The molecule has 0 fully saturated rings. The van der Waals surface area contributed by atoms with Gasteiger partial charge in [-0.15, -0.1) is 0 Å². The predicted molar refractivity (Wildman–Crippen MR) is 71.3 cm³/mol. The molecule has 6 heteroatoms. The molecule has 0 aliphatic rings. The standard InChI is InChI=1S/C13H8Cl2O4/c14-6-1-2-10(16)8(3-6)13(19)7-4-11(17)12(18)5-9(7)15/h1-5,16-18H. The Hall–Kier alpha value is -1.91. The molecule has 4 nitrogen and oxygen atoms in total. The number of hydrogen-bond acceptors (Lipinski definition) is 4. The molecule has 0 aliphatic carbocycles. The number of benzene rings is 2. The lowest BCUT2D eigenvalue weighted by molar-refractivity contribution is 0.103. The van der Waals surface area contributed by atoms with Crippen LogP contribution in [0.5, 0.6) is 17.2 Å². The Morgan fingerprint density at radius 2 is 1.47 bits per heavy atom. The minimum Gasteiger partial charge on any atom is -0.507 e. The summed E-state index contributed by atoms with van der Waals surface area (Å²) in [6, 6.07) is 6.08. The zero-order valence-electron chi connectivity index (χ0n) is 9.39. The van der Waals surface area contributed by atoms with Crippen LogP contribution < -0.4 is 0 Å². The Morgan fingerprint density at radius 1 is 0.842 bits per heavy atom. The van der Waals surface area contributed by atoms with E-state index in [4.69, 9.17) is 23.2 Å². The molecule has 98 valence electrons. The number of phenols is 3. The molecule has 3 N–H and O–H groups in total. The van der Waals surface area contributed by atoms with Crippen LogP contribution in [0.15, 0.2) is 30.3 Å². The zero-order chi connectivity index (χ0) is 14.2. The summed E-state index contributed by atoms with van der Waals surface area (Å²) >= 11 is 11.6. The van der Waals surface area contributed by atoms with Crippen LogP contribution in [0.3, 0.4) is 0 Å². The van der Waals surface area contributed by atoms with E-state index in [9.17, 15) is 20.1 Å². The van der Waals surface area contributed by atoms with E-state index in [1.54, 1.807) is 0 Å². The molecular weight excluding hydrogens is 291 g/mol. The number of aromatic hydroxyl groups is 3. The van der Waals surface area contributed by atoms with Crippen LogP contribution in [-0.2, 0) is 0 Å². The van der Waals surface area contributed by atoms with Crippen LogP contribution in [-0.4, -0.2) is 21.1 Å². The molecule has 0 heterocycles. The number of rotatable bonds is 2. The highest BCUT2D eigenvalue weighted by Gasteiger charge is 2.19. The van der Waals surface area contributed by atoms with Crippen molar-refractivity contribution in [3.05, 3.63) is 51.5 Å². The SMILES string of the molecule is O=C(c1cc(Cl)ccc1O)c1cc(O)c(O)cc1Cl. The molecule has 0 saturated carbocycles. The van der Waals surface area contributed by atoms with Crippen LogP contribution >= 0.6 is 23.2 Å². The van der Waals surface area contributed by atoms with Crippen LogP contribution in [0.2, 0.25) is 10.0 Å². The fourth-order valence-electron chi connectivity index (χ4n) is 1.56. The molecule has 0 amide bonds. The first-order valence-corrected chi connectivity index (χ1v) is 5.90. The number of halogens is 2. The number of hydrogen-bond donors (Lipinski definition) is 3. The van der Waals surface area contributed by atoms with E-state index in [0.717, 1.165) is 12.1 Å². The maximum atomic E-state index is 12.2. The van der Waals surface area contributed by atoms with E-state index in [-0.39, 0.29) is 26.9 Å². The van der Waals surface area contributed by atoms with Crippen molar-refractivity contribution in [1.82, 2.24) is 0 Å². The molecule has 0 unspecified atom stereocenters. The van der Waals surface area contributed by atoms with Gasteiger partial charge in [0.15, 0.2) is 17.3 Å². The van der Waals surface area contributed by atoms with Gasteiger partial charge in [0.25, 0.3) is 0 Å².